The van der Waals surface area contributed by atoms with Gasteiger partial charge in [-0.25, -0.2) is 13.2 Å². The second kappa shape index (κ2) is 12.0. The number of aliphatic hydroxyl groups excluding tert-OH is 1. The van der Waals surface area contributed by atoms with E-state index in [1.54, 1.807) is 23.9 Å². The Kier molecular flexibility index (Phi) is 9.92. The van der Waals surface area contributed by atoms with E-state index >= 15 is 0 Å². The highest BCUT2D eigenvalue weighted by Gasteiger charge is 2.26. The molecule has 0 saturated heterocycles. The van der Waals surface area contributed by atoms with Gasteiger partial charge in [0.1, 0.15) is 0 Å². The van der Waals surface area contributed by atoms with Gasteiger partial charge in [-0.3, -0.25) is 4.79 Å². The normalized spacial score (nSPS) is 15.2. The van der Waals surface area contributed by atoms with Crippen molar-refractivity contribution in [1.29, 1.82) is 0 Å². The molecule has 176 valence electrons. The van der Waals surface area contributed by atoms with Crippen molar-refractivity contribution in [2.45, 2.75) is 50.7 Å². The molecule has 0 aliphatic rings. The van der Waals surface area contributed by atoms with Crippen LogP contribution in [0.3, 0.4) is 0 Å². The van der Waals surface area contributed by atoms with Crippen molar-refractivity contribution in [2.75, 3.05) is 11.9 Å². The number of anilines is 1. The highest BCUT2D eigenvalue weighted by molar-refractivity contribution is 8.00. The SMILES string of the molecule is CCC(C)C(C)C(CC(C)CO)Sc1cc(C(=O)Nc2cc(F)c(F)c(F)c2)ccc1Cl. The van der Waals surface area contributed by atoms with Crippen molar-refractivity contribution < 1.29 is 23.1 Å². The van der Waals surface area contributed by atoms with Crippen molar-refractivity contribution in [3.63, 3.8) is 0 Å². The van der Waals surface area contributed by atoms with Crippen molar-refractivity contribution >= 4 is 35.0 Å². The van der Waals surface area contributed by atoms with Gasteiger partial charge in [0, 0.05) is 40.1 Å². The van der Waals surface area contributed by atoms with Gasteiger partial charge in [-0.2, -0.15) is 0 Å². The molecule has 2 N–H and O–H groups in total. The summed E-state index contributed by atoms with van der Waals surface area (Å²) >= 11 is 7.97. The lowest BCUT2D eigenvalue weighted by molar-refractivity contribution is 0.102. The molecule has 1 amide bonds. The second-order valence-electron chi connectivity index (χ2n) is 8.28. The van der Waals surface area contributed by atoms with E-state index in [1.165, 1.54) is 6.07 Å². The maximum atomic E-state index is 13.5. The van der Waals surface area contributed by atoms with Crippen LogP contribution in [-0.4, -0.2) is 22.9 Å². The predicted octanol–water partition coefficient (Wildman–Crippen LogP) is 7.17. The van der Waals surface area contributed by atoms with Crippen LogP contribution in [0, 0.1) is 35.2 Å². The lowest BCUT2D eigenvalue weighted by atomic mass is 9.87. The van der Waals surface area contributed by atoms with Crippen LogP contribution in [0.2, 0.25) is 5.02 Å². The second-order valence-corrected chi connectivity index (χ2v) is 9.97. The number of aliphatic hydroxyl groups is 1. The summed E-state index contributed by atoms with van der Waals surface area (Å²) in [5.41, 5.74) is 0.0720. The molecule has 0 spiro atoms. The minimum atomic E-state index is -1.59. The first-order valence-corrected chi connectivity index (χ1v) is 11.9. The van der Waals surface area contributed by atoms with Gasteiger partial charge in [-0.05, 0) is 42.4 Å². The number of thioether (sulfide) groups is 1. The van der Waals surface area contributed by atoms with Crippen LogP contribution >= 0.6 is 23.4 Å². The van der Waals surface area contributed by atoms with Gasteiger partial charge in [-0.15, -0.1) is 11.8 Å². The molecule has 0 aromatic heterocycles. The number of carbonyl (C=O) groups excluding carboxylic acids is 1. The van der Waals surface area contributed by atoms with E-state index in [2.05, 4.69) is 26.1 Å². The average Bonchev–Trinajstić information content (AvgIpc) is 2.76. The molecule has 2 aromatic carbocycles. The van der Waals surface area contributed by atoms with E-state index in [-0.39, 0.29) is 29.0 Å². The molecule has 4 atom stereocenters. The molecule has 0 saturated carbocycles. The Morgan fingerprint density at radius 3 is 2.31 bits per heavy atom. The molecule has 0 bridgehead atoms. The molecule has 4 unspecified atom stereocenters. The van der Waals surface area contributed by atoms with Crippen molar-refractivity contribution in [3.8, 4) is 0 Å². The smallest absolute Gasteiger partial charge is 0.255 e. The summed E-state index contributed by atoms with van der Waals surface area (Å²) in [5.74, 6) is -4.02. The van der Waals surface area contributed by atoms with Crippen LogP contribution in [-0.2, 0) is 0 Å². The lowest BCUT2D eigenvalue weighted by Crippen LogP contribution is -2.24. The van der Waals surface area contributed by atoms with Gasteiger partial charge in [0.15, 0.2) is 17.5 Å². The monoisotopic (exact) mass is 487 g/mol. The molecule has 3 nitrogen and oxygen atoms in total. The number of hydrogen-bond acceptors (Lipinski definition) is 3. The number of rotatable bonds is 10. The molecule has 8 heteroatoms. The summed E-state index contributed by atoms with van der Waals surface area (Å²) in [6.45, 7) is 8.58. The van der Waals surface area contributed by atoms with E-state index in [9.17, 15) is 23.1 Å². The molecule has 0 aliphatic carbocycles. The van der Waals surface area contributed by atoms with Gasteiger partial charge in [0.05, 0.1) is 5.02 Å². The van der Waals surface area contributed by atoms with Crippen LogP contribution in [0.25, 0.3) is 0 Å². The van der Waals surface area contributed by atoms with E-state index < -0.39 is 23.4 Å². The molecule has 2 rings (SSSR count). The number of halogens is 4. The summed E-state index contributed by atoms with van der Waals surface area (Å²) in [5, 5.41) is 12.6. The van der Waals surface area contributed by atoms with Gasteiger partial charge in [-0.1, -0.05) is 45.7 Å². The average molecular weight is 488 g/mol. The maximum Gasteiger partial charge on any atom is 0.255 e. The molecule has 32 heavy (non-hydrogen) atoms. The zero-order valence-corrected chi connectivity index (χ0v) is 20.2. The molecular formula is C24H29ClF3NO2S. The van der Waals surface area contributed by atoms with E-state index in [0.717, 1.165) is 25.0 Å². The zero-order valence-electron chi connectivity index (χ0n) is 18.6. The fraction of sp³-hybridized carbons (Fsp3) is 0.458. The highest BCUT2D eigenvalue weighted by atomic mass is 35.5. The number of benzene rings is 2. The van der Waals surface area contributed by atoms with Crippen LogP contribution in [0.5, 0.6) is 0 Å². The topological polar surface area (TPSA) is 49.3 Å². The van der Waals surface area contributed by atoms with E-state index in [0.29, 0.717) is 21.8 Å². The molecule has 0 aliphatic heterocycles. The third kappa shape index (κ3) is 6.90. The van der Waals surface area contributed by atoms with E-state index in [1.807, 2.05) is 6.92 Å². The highest BCUT2D eigenvalue weighted by Crippen LogP contribution is 2.39. The summed E-state index contributed by atoms with van der Waals surface area (Å²) in [7, 11) is 0. The van der Waals surface area contributed by atoms with Crippen LogP contribution in [0.15, 0.2) is 35.2 Å². The molecule has 2 aromatic rings. The Bertz CT molecular complexity index is 920. The van der Waals surface area contributed by atoms with E-state index in [4.69, 9.17) is 11.6 Å². The third-order valence-electron chi connectivity index (χ3n) is 5.79. The fourth-order valence-electron chi connectivity index (χ4n) is 3.31. The summed E-state index contributed by atoms with van der Waals surface area (Å²) < 4.78 is 40.1. The molecule has 0 heterocycles. The molecule has 0 fully saturated rings. The number of carbonyl (C=O) groups is 1. The Morgan fingerprint density at radius 2 is 1.75 bits per heavy atom. The zero-order chi connectivity index (χ0) is 24.0. The van der Waals surface area contributed by atoms with Crippen LogP contribution in [0.4, 0.5) is 18.9 Å². The van der Waals surface area contributed by atoms with Crippen LogP contribution < -0.4 is 5.32 Å². The first kappa shape index (κ1) is 26.6. The fourth-order valence-corrected chi connectivity index (χ4v) is 5.17. The molecule has 0 radical (unpaired) electrons. The third-order valence-corrected chi connectivity index (χ3v) is 7.75. The molecular weight excluding hydrogens is 459 g/mol. The van der Waals surface area contributed by atoms with Crippen molar-refractivity contribution in [1.82, 2.24) is 0 Å². The Balaban J connectivity index is 2.26. The van der Waals surface area contributed by atoms with Gasteiger partial charge in [0.2, 0.25) is 0 Å². The van der Waals surface area contributed by atoms with Gasteiger partial charge < -0.3 is 10.4 Å². The first-order chi connectivity index (χ1) is 15.1. The van der Waals surface area contributed by atoms with Gasteiger partial charge in [0.25, 0.3) is 5.91 Å². The van der Waals surface area contributed by atoms with Crippen molar-refractivity contribution in [2.24, 2.45) is 17.8 Å². The van der Waals surface area contributed by atoms with Crippen LogP contribution in [0.1, 0.15) is 50.9 Å². The first-order valence-electron chi connectivity index (χ1n) is 10.6. The number of nitrogens with one attached hydrogen (secondary N) is 1. The minimum Gasteiger partial charge on any atom is -0.396 e. The van der Waals surface area contributed by atoms with Crippen molar-refractivity contribution in [3.05, 3.63) is 58.4 Å². The summed E-state index contributed by atoms with van der Waals surface area (Å²) in [6, 6.07) is 6.20. The Morgan fingerprint density at radius 1 is 1.12 bits per heavy atom. The Labute approximate surface area is 196 Å². The summed E-state index contributed by atoms with van der Waals surface area (Å²) in [6.07, 6.45) is 1.81. The Hall–Kier alpha value is -1.70. The predicted molar refractivity (Wildman–Crippen MR) is 125 cm³/mol. The quantitative estimate of drug-likeness (QED) is 0.276. The van der Waals surface area contributed by atoms with Gasteiger partial charge >= 0.3 is 0 Å². The number of hydrogen-bond donors (Lipinski definition) is 2. The summed E-state index contributed by atoms with van der Waals surface area (Å²) in [4.78, 5) is 13.4. The number of amides is 1. The maximum absolute atomic E-state index is 13.5. The standard InChI is InChI=1S/C24H29ClF3NO2S/c1-5-14(3)15(4)21(8-13(2)12-30)32-22-9-16(6-7-18(22)25)24(31)29-17-10-19(26)23(28)20(27)11-17/h6-7,9-11,13-15,21,30H,5,8,12H2,1-4H3,(H,29,31). The largest absolute Gasteiger partial charge is 0.396 e. The minimum absolute atomic E-state index is 0.0885. The lowest BCUT2D eigenvalue weighted by Gasteiger charge is -2.30.